The summed E-state index contributed by atoms with van der Waals surface area (Å²) < 4.78 is 7.52. The number of amides is 1. The Morgan fingerprint density at radius 1 is 1.23 bits per heavy atom. The van der Waals surface area contributed by atoms with Crippen molar-refractivity contribution in [2.75, 3.05) is 26.8 Å². The van der Waals surface area contributed by atoms with Gasteiger partial charge in [-0.3, -0.25) is 4.79 Å². The maximum absolute atomic E-state index is 13.0. The molecule has 1 aromatic carbocycles. The highest BCUT2D eigenvalue weighted by Crippen LogP contribution is 2.48. The first-order chi connectivity index (χ1) is 12.5. The number of methoxy groups -OCH3 is 1. The van der Waals surface area contributed by atoms with Crippen molar-refractivity contribution in [3.8, 4) is 11.3 Å². The van der Waals surface area contributed by atoms with Crippen LogP contribution in [0.4, 0.5) is 0 Å². The molecule has 0 atom stereocenters. The molecule has 4 nitrogen and oxygen atoms in total. The number of aryl methyl sites for hydroxylation is 1. The number of rotatable bonds is 5. The summed E-state index contributed by atoms with van der Waals surface area (Å²) in [7, 11) is 3.76. The first-order valence-electron chi connectivity index (χ1n) is 9.55. The van der Waals surface area contributed by atoms with Gasteiger partial charge in [-0.2, -0.15) is 0 Å². The predicted molar refractivity (Wildman–Crippen MR) is 103 cm³/mol. The lowest BCUT2D eigenvalue weighted by atomic mass is 9.61. The third-order valence-electron chi connectivity index (χ3n) is 6.36. The summed E-state index contributed by atoms with van der Waals surface area (Å²) in [6.07, 6.45) is 3.89. The van der Waals surface area contributed by atoms with Crippen molar-refractivity contribution in [1.82, 2.24) is 9.47 Å². The predicted octanol–water partition coefficient (Wildman–Crippen LogP) is 3.89. The van der Waals surface area contributed by atoms with Crippen molar-refractivity contribution in [2.45, 2.75) is 26.2 Å². The summed E-state index contributed by atoms with van der Waals surface area (Å²) >= 11 is 0. The third kappa shape index (κ3) is 2.77. The van der Waals surface area contributed by atoms with Gasteiger partial charge in [0.15, 0.2) is 0 Å². The molecule has 2 aromatic rings. The lowest BCUT2D eigenvalue weighted by molar-refractivity contribution is -0.0976. The molecule has 1 aliphatic carbocycles. The van der Waals surface area contributed by atoms with Gasteiger partial charge in [0.25, 0.3) is 5.91 Å². The van der Waals surface area contributed by atoms with E-state index in [0.29, 0.717) is 0 Å². The standard InChI is InChI=1S/C22H28N2O2/c1-16-6-4-7-17(12-16)19-10-11-20(23(19)2)21(25)24-13-22(14-24,15-26-3)18-8-5-9-18/h4,6-7,10-12,18H,5,8-9,13-15H2,1-3H3. The number of aromatic nitrogens is 1. The van der Waals surface area contributed by atoms with E-state index < -0.39 is 0 Å². The van der Waals surface area contributed by atoms with Crippen molar-refractivity contribution in [3.63, 3.8) is 0 Å². The molecule has 2 heterocycles. The molecule has 1 amide bonds. The largest absolute Gasteiger partial charge is 0.384 e. The van der Waals surface area contributed by atoms with Gasteiger partial charge in [0.1, 0.15) is 5.69 Å². The number of benzene rings is 1. The molecule has 4 heteroatoms. The highest BCUT2D eigenvalue weighted by Gasteiger charge is 2.52. The Labute approximate surface area is 155 Å². The Hall–Kier alpha value is -2.07. The third-order valence-corrected chi connectivity index (χ3v) is 6.36. The summed E-state index contributed by atoms with van der Waals surface area (Å²) in [5.74, 6) is 0.861. The van der Waals surface area contributed by atoms with Crippen LogP contribution in [0.1, 0.15) is 35.3 Å². The number of hydrogen-bond acceptors (Lipinski definition) is 2. The number of ether oxygens (including phenoxy) is 1. The molecule has 4 rings (SSSR count). The Balaban J connectivity index is 1.51. The monoisotopic (exact) mass is 352 g/mol. The molecule has 2 aliphatic rings. The van der Waals surface area contributed by atoms with Gasteiger partial charge >= 0.3 is 0 Å². The highest BCUT2D eigenvalue weighted by molar-refractivity contribution is 5.94. The van der Waals surface area contributed by atoms with E-state index in [-0.39, 0.29) is 11.3 Å². The quantitative estimate of drug-likeness (QED) is 0.818. The van der Waals surface area contributed by atoms with Gasteiger partial charge < -0.3 is 14.2 Å². The average molecular weight is 352 g/mol. The van der Waals surface area contributed by atoms with E-state index in [9.17, 15) is 4.79 Å². The molecule has 1 aromatic heterocycles. The minimum atomic E-state index is 0.137. The molecular formula is C22H28N2O2. The Kier molecular flexibility index (Phi) is 4.39. The van der Waals surface area contributed by atoms with Gasteiger partial charge in [0, 0.05) is 38.4 Å². The Morgan fingerprint density at radius 2 is 2.00 bits per heavy atom. The number of carbonyl (C=O) groups is 1. The summed E-state index contributed by atoms with van der Waals surface area (Å²) in [4.78, 5) is 15.0. The van der Waals surface area contributed by atoms with E-state index in [1.54, 1.807) is 7.11 Å². The number of nitrogens with zero attached hydrogens (tertiary/aromatic N) is 2. The first-order valence-corrected chi connectivity index (χ1v) is 9.55. The van der Waals surface area contributed by atoms with Gasteiger partial charge in [-0.25, -0.2) is 0 Å². The van der Waals surface area contributed by atoms with E-state index in [1.807, 2.05) is 22.6 Å². The maximum atomic E-state index is 13.0. The van der Waals surface area contributed by atoms with E-state index >= 15 is 0 Å². The molecule has 0 N–H and O–H groups in total. The van der Waals surface area contributed by atoms with Crippen molar-refractivity contribution in [1.29, 1.82) is 0 Å². The number of hydrogen-bond donors (Lipinski definition) is 0. The summed E-state index contributed by atoms with van der Waals surface area (Å²) in [5, 5.41) is 0. The molecule has 1 saturated carbocycles. The molecule has 1 saturated heterocycles. The lowest BCUT2D eigenvalue weighted by Gasteiger charge is -2.56. The summed E-state index contributed by atoms with van der Waals surface area (Å²) in [6, 6.07) is 12.4. The van der Waals surface area contributed by atoms with Crippen LogP contribution in [-0.4, -0.2) is 42.2 Å². The molecule has 0 bridgehead atoms. The van der Waals surface area contributed by atoms with Crippen LogP contribution >= 0.6 is 0 Å². The van der Waals surface area contributed by atoms with E-state index in [1.165, 1.54) is 24.8 Å². The molecule has 0 spiro atoms. The zero-order valence-corrected chi connectivity index (χ0v) is 16.0. The van der Waals surface area contributed by atoms with Gasteiger partial charge in [0.05, 0.1) is 6.61 Å². The Morgan fingerprint density at radius 3 is 2.62 bits per heavy atom. The molecule has 138 valence electrons. The highest BCUT2D eigenvalue weighted by atomic mass is 16.5. The number of likely N-dealkylation sites (tertiary alicyclic amines) is 1. The second-order valence-electron chi connectivity index (χ2n) is 8.12. The zero-order valence-electron chi connectivity index (χ0n) is 16.0. The van der Waals surface area contributed by atoms with Crippen LogP contribution in [0.15, 0.2) is 36.4 Å². The molecule has 2 fully saturated rings. The fourth-order valence-electron chi connectivity index (χ4n) is 4.62. The second kappa shape index (κ2) is 6.58. The molecular weight excluding hydrogens is 324 g/mol. The van der Waals surface area contributed by atoms with Crippen molar-refractivity contribution in [3.05, 3.63) is 47.7 Å². The van der Waals surface area contributed by atoms with Crippen LogP contribution in [0.2, 0.25) is 0 Å². The van der Waals surface area contributed by atoms with Crippen LogP contribution in [0, 0.1) is 18.3 Å². The van der Waals surface area contributed by atoms with Gasteiger partial charge in [-0.1, -0.05) is 30.2 Å². The van der Waals surface area contributed by atoms with Crippen LogP contribution < -0.4 is 0 Å². The minimum Gasteiger partial charge on any atom is -0.384 e. The maximum Gasteiger partial charge on any atom is 0.270 e. The first kappa shape index (κ1) is 17.3. The van der Waals surface area contributed by atoms with Gasteiger partial charge in [-0.05, 0) is 49.4 Å². The SMILES string of the molecule is COCC1(C2CCC2)CN(C(=O)c2ccc(-c3cccc(C)c3)n2C)C1. The van der Waals surface area contributed by atoms with E-state index in [4.69, 9.17) is 4.74 Å². The lowest BCUT2D eigenvalue weighted by Crippen LogP contribution is -2.64. The average Bonchev–Trinajstić information content (AvgIpc) is 2.91. The summed E-state index contributed by atoms with van der Waals surface area (Å²) in [6.45, 7) is 4.52. The van der Waals surface area contributed by atoms with E-state index in [2.05, 4.69) is 37.3 Å². The molecule has 0 radical (unpaired) electrons. The normalized spacial score (nSPS) is 19.1. The van der Waals surface area contributed by atoms with Crippen molar-refractivity contribution < 1.29 is 9.53 Å². The Bertz CT molecular complexity index is 813. The fraction of sp³-hybridized carbons (Fsp3) is 0.500. The minimum absolute atomic E-state index is 0.137. The van der Waals surface area contributed by atoms with Gasteiger partial charge in [0.2, 0.25) is 0 Å². The second-order valence-corrected chi connectivity index (χ2v) is 8.12. The smallest absolute Gasteiger partial charge is 0.270 e. The van der Waals surface area contributed by atoms with Crippen LogP contribution in [0.5, 0.6) is 0 Å². The van der Waals surface area contributed by atoms with E-state index in [0.717, 1.165) is 42.6 Å². The topological polar surface area (TPSA) is 34.5 Å². The zero-order chi connectivity index (χ0) is 18.3. The molecule has 0 unspecified atom stereocenters. The molecule has 26 heavy (non-hydrogen) atoms. The van der Waals surface area contributed by atoms with Gasteiger partial charge in [-0.15, -0.1) is 0 Å². The number of carbonyl (C=O) groups excluding carboxylic acids is 1. The van der Waals surface area contributed by atoms with Crippen LogP contribution in [0.3, 0.4) is 0 Å². The van der Waals surface area contributed by atoms with Crippen molar-refractivity contribution >= 4 is 5.91 Å². The van der Waals surface area contributed by atoms with Crippen molar-refractivity contribution in [2.24, 2.45) is 18.4 Å². The van der Waals surface area contributed by atoms with Crippen LogP contribution in [-0.2, 0) is 11.8 Å². The molecule has 1 aliphatic heterocycles. The van der Waals surface area contributed by atoms with Crippen LogP contribution in [0.25, 0.3) is 11.3 Å². The fourth-order valence-corrected chi connectivity index (χ4v) is 4.62. The summed E-state index contributed by atoms with van der Waals surface area (Å²) in [5.41, 5.74) is 4.41.